The van der Waals surface area contributed by atoms with Gasteiger partial charge in [0.05, 0.1) is 26.5 Å². The van der Waals surface area contributed by atoms with Gasteiger partial charge in [0, 0.05) is 11.4 Å². The Kier molecular flexibility index (Phi) is 5.51. The van der Waals surface area contributed by atoms with Crippen LogP contribution in [0.15, 0.2) is 48.5 Å². The summed E-state index contributed by atoms with van der Waals surface area (Å²) in [4.78, 5) is 17.8. The second-order valence-electron chi connectivity index (χ2n) is 7.02. The van der Waals surface area contributed by atoms with Crippen LogP contribution >= 0.6 is 0 Å². The van der Waals surface area contributed by atoms with Crippen LogP contribution in [0.3, 0.4) is 0 Å². The van der Waals surface area contributed by atoms with Gasteiger partial charge in [-0.25, -0.2) is 4.98 Å². The highest BCUT2D eigenvalue weighted by Crippen LogP contribution is 2.29. The summed E-state index contributed by atoms with van der Waals surface area (Å²) in [5, 5.41) is 3.00. The molecule has 0 bridgehead atoms. The number of hydrogen-bond acceptors (Lipinski definition) is 4. The van der Waals surface area contributed by atoms with E-state index in [1.54, 1.807) is 32.4 Å². The SMILES string of the molecule is COc1cccc(OC)c1C(=O)NCc1nc2c(n1-c1ccccc1)CCCC2. The standard InChI is InChI=1S/C23H25N3O3/c1-28-19-13-8-14-20(29-2)22(19)23(27)24-15-21-25-17-11-6-7-12-18(17)26(21)16-9-4-3-5-10-16/h3-5,8-10,13-14H,6-7,11-12,15H2,1-2H3,(H,24,27). The second-order valence-corrected chi connectivity index (χ2v) is 7.02. The summed E-state index contributed by atoms with van der Waals surface area (Å²) < 4.78 is 12.9. The lowest BCUT2D eigenvalue weighted by molar-refractivity contribution is 0.0943. The summed E-state index contributed by atoms with van der Waals surface area (Å²) in [6.45, 7) is 0.321. The van der Waals surface area contributed by atoms with E-state index in [1.807, 2.05) is 18.2 Å². The third kappa shape index (κ3) is 3.70. The quantitative estimate of drug-likeness (QED) is 0.696. The number of rotatable bonds is 6. The zero-order valence-electron chi connectivity index (χ0n) is 16.8. The molecule has 1 N–H and O–H groups in total. The number of aryl methyl sites for hydroxylation is 1. The molecule has 3 aromatic rings. The molecule has 0 unspecified atom stereocenters. The Labute approximate surface area is 170 Å². The minimum atomic E-state index is -0.250. The van der Waals surface area contributed by atoms with Crippen LogP contribution in [-0.2, 0) is 19.4 Å². The monoisotopic (exact) mass is 391 g/mol. The van der Waals surface area contributed by atoms with Crippen LogP contribution in [0, 0.1) is 0 Å². The van der Waals surface area contributed by atoms with E-state index in [4.69, 9.17) is 14.5 Å². The van der Waals surface area contributed by atoms with Crippen molar-refractivity contribution in [2.24, 2.45) is 0 Å². The van der Waals surface area contributed by atoms with Gasteiger partial charge in [0.2, 0.25) is 0 Å². The maximum absolute atomic E-state index is 13.0. The van der Waals surface area contributed by atoms with Gasteiger partial charge in [0.25, 0.3) is 5.91 Å². The average Bonchev–Trinajstić information content (AvgIpc) is 3.15. The Morgan fingerprint density at radius 2 is 1.69 bits per heavy atom. The molecule has 0 saturated carbocycles. The molecule has 0 radical (unpaired) electrons. The first-order chi connectivity index (χ1) is 14.2. The van der Waals surface area contributed by atoms with Gasteiger partial charge in [-0.15, -0.1) is 0 Å². The van der Waals surface area contributed by atoms with Crippen LogP contribution in [0.25, 0.3) is 5.69 Å². The molecule has 1 aliphatic rings. The first-order valence-corrected chi connectivity index (χ1v) is 9.87. The molecule has 0 fully saturated rings. The first kappa shape index (κ1) is 19.1. The summed E-state index contributed by atoms with van der Waals surface area (Å²) >= 11 is 0. The molecule has 0 saturated heterocycles. The molecule has 0 spiro atoms. The van der Waals surface area contributed by atoms with Crippen molar-refractivity contribution in [2.45, 2.75) is 32.2 Å². The van der Waals surface area contributed by atoms with E-state index in [0.717, 1.165) is 42.9 Å². The molecule has 6 nitrogen and oxygen atoms in total. The number of nitrogens with one attached hydrogen (secondary N) is 1. The third-order valence-electron chi connectivity index (χ3n) is 5.28. The largest absolute Gasteiger partial charge is 0.496 e. The number of methoxy groups -OCH3 is 2. The Balaban J connectivity index is 1.64. The fourth-order valence-electron chi connectivity index (χ4n) is 3.92. The van der Waals surface area contributed by atoms with Crippen LogP contribution in [0.4, 0.5) is 0 Å². The van der Waals surface area contributed by atoms with E-state index >= 15 is 0 Å². The topological polar surface area (TPSA) is 65.4 Å². The number of benzene rings is 2. The highest BCUT2D eigenvalue weighted by atomic mass is 16.5. The number of hydrogen-bond donors (Lipinski definition) is 1. The first-order valence-electron chi connectivity index (χ1n) is 9.87. The van der Waals surface area contributed by atoms with E-state index < -0.39 is 0 Å². The van der Waals surface area contributed by atoms with Gasteiger partial charge in [-0.2, -0.15) is 0 Å². The van der Waals surface area contributed by atoms with E-state index in [2.05, 4.69) is 22.0 Å². The lowest BCUT2D eigenvalue weighted by atomic mass is 10.0. The zero-order valence-corrected chi connectivity index (χ0v) is 16.8. The Hall–Kier alpha value is -3.28. The second kappa shape index (κ2) is 8.39. The number of aromatic nitrogens is 2. The van der Waals surface area contributed by atoms with Crippen molar-refractivity contribution >= 4 is 5.91 Å². The lowest BCUT2D eigenvalue weighted by Gasteiger charge is -2.16. The molecule has 6 heteroatoms. The Bertz CT molecular complexity index is 989. The van der Waals surface area contributed by atoms with Gasteiger partial charge in [-0.3, -0.25) is 9.36 Å². The summed E-state index contributed by atoms with van der Waals surface area (Å²) in [6, 6.07) is 15.5. The highest BCUT2D eigenvalue weighted by molar-refractivity contribution is 5.99. The van der Waals surface area contributed by atoms with Gasteiger partial charge in [0.15, 0.2) is 0 Å². The van der Waals surface area contributed by atoms with Crippen LogP contribution in [-0.4, -0.2) is 29.7 Å². The van der Waals surface area contributed by atoms with Gasteiger partial charge in [0.1, 0.15) is 22.9 Å². The molecule has 150 valence electrons. The van der Waals surface area contributed by atoms with E-state index in [1.165, 1.54) is 5.69 Å². The number of nitrogens with zero attached hydrogens (tertiary/aromatic N) is 2. The van der Waals surface area contributed by atoms with Crippen molar-refractivity contribution < 1.29 is 14.3 Å². The van der Waals surface area contributed by atoms with Crippen LogP contribution in [0.1, 0.15) is 40.4 Å². The molecular formula is C23H25N3O3. The lowest BCUT2D eigenvalue weighted by Crippen LogP contribution is -2.25. The molecule has 1 heterocycles. The van der Waals surface area contributed by atoms with E-state index in [9.17, 15) is 4.79 Å². The Morgan fingerprint density at radius 3 is 2.38 bits per heavy atom. The molecule has 2 aromatic carbocycles. The fraction of sp³-hybridized carbons (Fsp3) is 0.304. The summed E-state index contributed by atoms with van der Waals surface area (Å²) in [5.41, 5.74) is 3.85. The van der Waals surface area contributed by atoms with Crippen LogP contribution in [0.5, 0.6) is 11.5 Å². The van der Waals surface area contributed by atoms with Gasteiger partial charge in [-0.05, 0) is 49.9 Å². The van der Waals surface area contributed by atoms with Crippen LogP contribution in [0.2, 0.25) is 0 Å². The average molecular weight is 391 g/mol. The van der Waals surface area contributed by atoms with Gasteiger partial charge < -0.3 is 14.8 Å². The molecule has 1 aliphatic carbocycles. The minimum absolute atomic E-state index is 0.250. The van der Waals surface area contributed by atoms with E-state index in [0.29, 0.717) is 23.6 Å². The maximum atomic E-state index is 13.0. The summed E-state index contributed by atoms with van der Waals surface area (Å²) in [5.74, 6) is 1.55. The normalized spacial score (nSPS) is 12.9. The number of amides is 1. The molecule has 0 aliphatic heterocycles. The fourth-order valence-corrected chi connectivity index (χ4v) is 3.92. The van der Waals surface area contributed by atoms with Crippen molar-refractivity contribution in [1.29, 1.82) is 0 Å². The van der Waals surface area contributed by atoms with Crippen molar-refractivity contribution in [2.75, 3.05) is 14.2 Å². The van der Waals surface area contributed by atoms with Crippen molar-refractivity contribution in [3.63, 3.8) is 0 Å². The number of ether oxygens (including phenoxy) is 2. The third-order valence-corrected chi connectivity index (χ3v) is 5.28. The number of fused-ring (bicyclic) bond motifs is 1. The molecular weight excluding hydrogens is 366 g/mol. The predicted molar refractivity (Wildman–Crippen MR) is 111 cm³/mol. The van der Waals surface area contributed by atoms with Crippen molar-refractivity contribution in [3.05, 3.63) is 71.3 Å². The van der Waals surface area contributed by atoms with Gasteiger partial charge in [-0.1, -0.05) is 24.3 Å². The molecule has 0 atom stereocenters. The van der Waals surface area contributed by atoms with Crippen LogP contribution < -0.4 is 14.8 Å². The highest BCUT2D eigenvalue weighted by Gasteiger charge is 2.23. The van der Waals surface area contributed by atoms with Gasteiger partial charge >= 0.3 is 0 Å². The summed E-state index contributed by atoms with van der Waals surface area (Å²) in [6.07, 6.45) is 4.31. The number of para-hydroxylation sites is 1. The molecule has 29 heavy (non-hydrogen) atoms. The molecule has 4 rings (SSSR count). The predicted octanol–water partition coefficient (Wildman–Crippen LogP) is 3.70. The molecule has 1 aromatic heterocycles. The van der Waals surface area contributed by atoms with E-state index in [-0.39, 0.29) is 5.91 Å². The number of carbonyl (C=O) groups excluding carboxylic acids is 1. The van der Waals surface area contributed by atoms with Crippen molar-refractivity contribution in [1.82, 2.24) is 14.9 Å². The van der Waals surface area contributed by atoms with Crippen molar-refractivity contribution in [3.8, 4) is 17.2 Å². The molecule has 1 amide bonds. The summed E-state index contributed by atoms with van der Waals surface area (Å²) in [7, 11) is 3.09. The zero-order chi connectivity index (χ0) is 20.2. The number of imidazole rings is 1. The maximum Gasteiger partial charge on any atom is 0.259 e. The smallest absolute Gasteiger partial charge is 0.259 e. The minimum Gasteiger partial charge on any atom is -0.496 e. The Morgan fingerprint density at radius 1 is 1.00 bits per heavy atom. The number of carbonyl (C=O) groups is 1.